The van der Waals surface area contributed by atoms with E-state index in [1.54, 1.807) is 0 Å². The lowest BCUT2D eigenvalue weighted by Gasteiger charge is -2.23. The van der Waals surface area contributed by atoms with Crippen molar-refractivity contribution in [2.45, 2.75) is 18.9 Å². The van der Waals surface area contributed by atoms with Gasteiger partial charge in [-0.25, -0.2) is 9.18 Å². The molecule has 0 aromatic heterocycles. The largest absolute Gasteiger partial charge is 0.505 e. The fourth-order valence-corrected chi connectivity index (χ4v) is 1.43. The number of hydrogen-bond acceptors (Lipinski definition) is 5. The van der Waals surface area contributed by atoms with Crippen molar-refractivity contribution in [2.75, 3.05) is 12.3 Å². The zero-order chi connectivity index (χ0) is 14.8. The number of aromatic hydroxyl groups is 1. The fourth-order valence-electron chi connectivity index (χ4n) is 1.43. The van der Waals surface area contributed by atoms with Crippen LogP contribution in [0.25, 0.3) is 0 Å². The van der Waals surface area contributed by atoms with Gasteiger partial charge >= 0.3 is 11.9 Å². The molecule has 0 spiro atoms. The molecule has 0 aliphatic heterocycles. The van der Waals surface area contributed by atoms with Crippen molar-refractivity contribution in [3.8, 4) is 5.75 Å². The highest BCUT2D eigenvalue weighted by Gasteiger charge is 2.48. The van der Waals surface area contributed by atoms with Crippen LogP contribution in [0, 0.1) is 5.82 Å². The Morgan fingerprint density at radius 2 is 2.11 bits per heavy atom. The average Bonchev–Trinajstić information content (AvgIpc) is 2.33. The van der Waals surface area contributed by atoms with E-state index < -0.39 is 40.8 Å². The maximum Gasteiger partial charge on any atom is 0.379 e. The molecule has 0 bridgehead atoms. The highest BCUT2D eigenvalue weighted by molar-refractivity contribution is 5.79. The molecular formula is C11H13F3N2O3. The Morgan fingerprint density at radius 3 is 2.63 bits per heavy atom. The van der Waals surface area contributed by atoms with E-state index in [0.717, 1.165) is 6.07 Å². The van der Waals surface area contributed by atoms with Gasteiger partial charge in [0.25, 0.3) is 0 Å². The summed E-state index contributed by atoms with van der Waals surface area (Å²) in [7, 11) is 0. The summed E-state index contributed by atoms with van der Waals surface area (Å²) in [6.07, 6.45) is 0. The first kappa shape index (κ1) is 15.1. The van der Waals surface area contributed by atoms with Gasteiger partial charge in [0.2, 0.25) is 0 Å². The first-order valence-electron chi connectivity index (χ1n) is 5.30. The van der Waals surface area contributed by atoms with Gasteiger partial charge in [0.15, 0.2) is 0 Å². The molecule has 1 atom stereocenters. The SMILES string of the molecule is CCOC(=O)C(F)(F)[C@@H](N)c1cc(F)cc(N)c1O. The number of esters is 1. The van der Waals surface area contributed by atoms with Gasteiger partial charge in [-0.1, -0.05) is 0 Å². The normalized spacial score (nSPS) is 13.1. The molecule has 0 aliphatic rings. The zero-order valence-electron chi connectivity index (χ0n) is 9.99. The van der Waals surface area contributed by atoms with Gasteiger partial charge in [-0.15, -0.1) is 0 Å². The lowest BCUT2D eigenvalue weighted by Crippen LogP contribution is -2.41. The van der Waals surface area contributed by atoms with Crippen molar-refractivity contribution < 1.29 is 27.8 Å². The molecule has 1 rings (SSSR count). The van der Waals surface area contributed by atoms with Crippen LogP contribution in [0.2, 0.25) is 0 Å². The molecule has 0 saturated carbocycles. The molecule has 5 nitrogen and oxygen atoms in total. The number of anilines is 1. The summed E-state index contributed by atoms with van der Waals surface area (Å²) in [4.78, 5) is 11.1. The second-order valence-electron chi connectivity index (χ2n) is 3.75. The third-order valence-corrected chi connectivity index (χ3v) is 2.41. The van der Waals surface area contributed by atoms with Gasteiger partial charge in [0, 0.05) is 11.6 Å². The van der Waals surface area contributed by atoms with E-state index in [1.807, 2.05) is 0 Å². The summed E-state index contributed by atoms with van der Waals surface area (Å²) in [6, 6.07) is -0.943. The number of rotatable bonds is 4. The molecule has 8 heteroatoms. The third-order valence-electron chi connectivity index (χ3n) is 2.41. The molecule has 0 heterocycles. The van der Waals surface area contributed by atoms with E-state index in [4.69, 9.17) is 11.5 Å². The molecule has 0 unspecified atom stereocenters. The Bertz CT molecular complexity index is 494. The maximum atomic E-state index is 13.7. The summed E-state index contributed by atoms with van der Waals surface area (Å²) in [5.74, 6) is -7.73. The Morgan fingerprint density at radius 1 is 1.53 bits per heavy atom. The van der Waals surface area contributed by atoms with Gasteiger partial charge < -0.3 is 21.3 Å². The summed E-state index contributed by atoms with van der Waals surface area (Å²) < 4.78 is 44.6. The van der Waals surface area contributed by atoms with Gasteiger partial charge in [-0.2, -0.15) is 8.78 Å². The third kappa shape index (κ3) is 2.90. The predicted octanol–water partition coefficient (Wildman–Crippen LogP) is 1.31. The maximum absolute atomic E-state index is 13.7. The van der Waals surface area contributed by atoms with E-state index in [0.29, 0.717) is 6.07 Å². The number of carbonyl (C=O) groups excluding carboxylic acids is 1. The number of carbonyl (C=O) groups is 1. The second-order valence-corrected chi connectivity index (χ2v) is 3.75. The number of phenols is 1. The molecule has 0 fully saturated rings. The van der Waals surface area contributed by atoms with Gasteiger partial charge in [0.1, 0.15) is 17.6 Å². The zero-order valence-corrected chi connectivity index (χ0v) is 9.99. The summed E-state index contributed by atoms with van der Waals surface area (Å²) >= 11 is 0. The monoisotopic (exact) mass is 278 g/mol. The molecule has 0 aliphatic carbocycles. The Hall–Kier alpha value is -1.96. The lowest BCUT2D eigenvalue weighted by molar-refractivity contribution is -0.174. The molecule has 1 aromatic carbocycles. The molecule has 0 saturated heterocycles. The van der Waals surface area contributed by atoms with Gasteiger partial charge in [-0.05, 0) is 13.0 Å². The lowest BCUT2D eigenvalue weighted by atomic mass is 9.99. The quantitative estimate of drug-likeness (QED) is 0.438. The number of phenolic OH excluding ortho intramolecular Hbond substituents is 1. The van der Waals surface area contributed by atoms with Crippen molar-refractivity contribution in [3.05, 3.63) is 23.5 Å². The van der Waals surface area contributed by atoms with Crippen LogP contribution in [-0.2, 0) is 9.53 Å². The smallest absolute Gasteiger partial charge is 0.379 e. The summed E-state index contributed by atoms with van der Waals surface area (Å²) in [6.45, 7) is 1.08. The summed E-state index contributed by atoms with van der Waals surface area (Å²) in [5, 5.41) is 9.51. The number of nitrogens with two attached hydrogens (primary N) is 2. The van der Waals surface area contributed by atoms with Crippen LogP contribution >= 0.6 is 0 Å². The molecule has 19 heavy (non-hydrogen) atoms. The molecule has 106 valence electrons. The van der Waals surface area contributed by atoms with Crippen molar-refractivity contribution in [3.63, 3.8) is 0 Å². The minimum Gasteiger partial charge on any atom is -0.505 e. The Kier molecular flexibility index (Phi) is 4.25. The average molecular weight is 278 g/mol. The number of hydrogen-bond donors (Lipinski definition) is 3. The number of benzene rings is 1. The molecule has 5 N–H and O–H groups in total. The predicted molar refractivity (Wildman–Crippen MR) is 61.0 cm³/mol. The number of halogens is 3. The highest BCUT2D eigenvalue weighted by Crippen LogP contribution is 2.38. The van der Waals surface area contributed by atoms with Crippen LogP contribution in [0.4, 0.5) is 18.9 Å². The van der Waals surface area contributed by atoms with E-state index in [9.17, 15) is 23.1 Å². The van der Waals surface area contributed by atoms with E-state index >= 15 is 0 Å². The minimum atomic E-state index is -4.12. The van der Waals surface area contributed by atoms with Crippen LogP contribution in [0.3, 0.4) is 0 Å². The molecule has 0 amide bonds. The van der Waals surface area contributed by atoms with Crippen LogP contribution < -0.4 is 11.5 Å². The highest BCUT2D eigenvalue weighted by atomic mass is 19.3. The molecule has 0 radical (unpaired) electrons. The first-order chi connectivity index (χ1) is 8.71. The second kappa shape index (κ2) is 5.35. The standard InChI is InChI=1S/C11H13F3N2O3/c1-2-19-10(18)11(13,14)9(16)6-3-5(12)4-7(15)8(6)17/h3-4,9,17H,2,15-16H2,1H3/t9-/m0/s1. The summed E-state index contributed by atoms with van der Waals surface area (Å²) in [5.41, 5.74) is 9.32. The minimum absolute atomic E-state index is 0.265. The Labute approximate surface area is 107 Å². The Balaban J connectivity index is 3.19. The van der Waals surface area contributed by atoms with Crippen molar-refractivity contribution in [1.29, 1.82) is 0 Å². The van der Waals surface area contributed by atoms with Gasteiger partial charge in [-0.3, -0.25) is 0 Å². The molecule has 1 aromatic rings. The van der Waals surface area contributed by atoms with Crippen molar-refractivity contribution >= 4 is 11.7 Å². The van der Waals surface area contributed by atoms with E-state index in [-0.39, 0.29) is 6.61 Å². The first-order valence-corrected chi connectivity index (χ1v) is 5.30. The van der Waals surface area contributed by atoms with Crippen LogP contribution in [0.1, 0.15) is 18.5 Å². The molecular weight excluding hydrogens is 265 g/mol. The van der Waals surface area contributed by atoms with Crippen molar-refractivity contribution in [1.82, 2.24) is 0 Å². The van der Waals surface area contributed by atoms with Crippen molar-refractivity contribution in [2.24, 2.45) is 5.73 Å². The number of alkyl halides is 2. The van der Waals surface area contributed by atoms with E-state index in [2.05, 4.69) is 4.74 Å². The van der Waals surface area contributed by atoms with E-state index in [1.165, 1.54) is 6.92 Å². The topological polar surface area (TPSA) is 98.6 Å². The van der Waals surface area contributed by atoms with Crippen LogP contribution in [-0.4, -0.2) is 23.6 Å². The van der Waals surface area contributed by atoms with Crippen LogP contribution in [0.15, 0.2) is 12.1 Å². The number of nitrogen functional groups attached to an aromatic ring is 1. The fraction of sp³-hybridized carbons (Fsp3) is 0.364. The van der Waals surface area contributed by atoms with Crippen LogP contribution in [0.5, 0.6) is 5.75 Å². The number of ether oxygens (including phenoxy) is 1. The van der Waals surface area contributed by atoms with Gasteiger partial charge in [0.05, 0.1) is 12.3 Å².